The summed E-state index contributed by atoms with van der Waals surface area (Å²) in [7, 11) is 2.92. The summed E-state index contributed by atoms with van der Waals surface area (Å²) in [5.41, 5.74) is 2.38. The number of hydrazone groups is 1. The Bertz CT molecular complexity index is 1670. The van der Waals surface area contributed by atoms with Crippen molar-refractivity contribution >= 4 is 29.7 Å². The van der Waals surface area contributed by atoms with Gasteiger partial charge in [0.1, 0.15) is 5.75 Å². The number of hydrogen-bond donors (Lipinski definition) is 2. The maximum Gasteiger partial charge on any atom is 0.416 e. The fraction of sp³-hybridized carbons (Fsp3) is 0.0968. The third-order valence-corrected chi connectivity index (χ3v) is 5.93. The van der Waals surface area contributed by atoms with Gasteiger partial charge in [0.05, 0.1) is 31.6 Å². The Labute approximate surface area is 243 Å². The lowest BCUT2D eigenvalue weighted by molar-refractivity contribution is -0.137. The van der Waals surface area contributed by atoms with Crippen LogP contribution in [0.1, 0.15) is 42.2 Å². The number of benzene rings is 4. The second-order valence-corrected chi connectivity index (χ2v) is 8.84. The van der Waals surface area contributed by atoms with Crippen LogP contribution in [0.15, 0.2) is 96.1 Å². The topological polar surface area (TPSA) is 115 Å². The summed E-state index contributed by atoms with van der Waals surface area (Å²) in [6, 6.07) is 20.9. The molecule has 0 saturated heterocycles. The van der Waals surface area contributed by atoms with Gasteiger partial charge in [-0.3, -0.25) is 9.59 Å². The van der Waals surface area contributed by atoms with Gasteiger partial charge in [0.25, 0.3) is 11.8 Å². The summed E-state index contributed by atoms with van der Waals surface area (Å²) in [5.74, 6) is -0.951. The number of anilines is 1. The van der Waals surface area contributed by atoms with Crippen LogP contribution >= 0.6 is 0 Å². The highest BCUT2D eigenvalue weighted by Crippen LogP contribution is 2.30. The minimum absolute atomic E-state index is 0.136. The molecule has 0 aliphatic heterocycles. The third kappa shape index (κ3) is 7.97. The van der Waals surface area contributed by atoms with Gasteiger partial charge in [-0.25, -0.2) is 10.2 Å². The normalized spacial score (nSPS) is 11.1. The van der Waals surface area contributed by atoms with E-state index in [-0.39, 0.29) is 28.3 Å². The van der Waals surface area contributed by atoms with Crippen LogP contribution in [0, 0.1) is 0 Å². The van der Waals surface area contributed by atoms with E-state index in [2.05, 4.69) is 15.8 Å². The molecule has 0 aliphatic carbocycles. The Morgan fingerprint density at radius 1 is 0.744 bits per heavy atom. The summed E-state index contributed by atoms with van der Waals surface area (Å²) in [6.07, 6.45) is -3.25. The molecule has 4 aromatic rings. The average Bonchev–Trinajstić information content (AvgIpc) is 3.01. The quantitative estimate of drug-likeness (QED) is 0.107. The number of halogens is 3. The van der Waals surface area contributed by atoms with Crippen molar-refractivity contribution in [3.05, 3.63) is 119 Å². The Balaban J connectivity index is 1.37. The van der Waals surface area contributed by atoms with Crippen LogP contribution in [-0.2, 0) is 6.18 Å². The number of alkyl halides is 3. The average molecular weight is 592 g/mol. The van der Waals surface area contributed by atoms with E-state index in [4.69, 9.17) is 14.2 Å². The Hall–Kier alpha value is -5.65. The molecule has 2 amide bonds. The van der Waals surface area contributed by atoms with Gasteiger partial charge in [0.2, 0.25) is 0 Å². The molecule has 0 aliphatic rings. The summed E-state index contributed by atoms with van der Waals surface area (Å²) < 4.78 is 54.8. The zero-order valence-corrected chi connectivity index (χ0v) is 22.8. The molecule has 0 atom stereocenters. The van der Waals surface area contributed by atoms with Gasteiger partial charge < -0.3 is 19.5 Å². The van der Waals surface area contributed by atoms with Crippen molar-refractivity contribution in [2.45, 2.75) is 6.18 Å². The Morgan fingerprint density at radius 2 is 1.44 bits per heavy atom. The molecule has 0 spiro atoms. The van der Waals surface area contributed by atoms with E-state index in [9.17, 15) is 27.6 Å². The predicted molar refractivity (Wildman–Crippen MR) is 152 cm³/mol. The molecule has 43 heavy (non-hydrogen) atoms. The minimum Gasteiger partial charge on any atom is -0.497 e. The molecule has 0 radical (unpaired) electrons. The second kappa shape index (κ2) is 13.3. The molecule has 0 unspecified atom stereocenters. The molecule has 0 bridgehead atoms. The first kappa shape index (κ1) is 30.3. The molecule has 0 saturated carbocycles. The highest BCUT2D eigenvalue weighted by atomic mass is 19.4. The number of rotatable bonds is 9. The SMILES string of the molecule is COc1ccc(C(=O)Oc2ccc(C=NNC(=O)c3cccc(NC(=O)c4cccc(C(F)(F)F)c4)c3)cc2OC)cc1. The fourth-order valence-corrected chi connectivity index (χ4v) is 3.74. The van der Waals surface area contributed by atoms with Crippen molar-refractivity contribution in [1.29, 1.82) is 0 Å². The van der Waals surface area contributed by atoms with Crippen molar-refractivity contribution in [1.82, 2.24) is 5.43 Å². The van der Waals surface area contributed by atoms with E-state index in [1.165, 1.54) is 56.8 Å². The number of nitrogens with zero attached hydrogens (tertiary/aromatic N) is 1. The number of amides is 2. The van der Waals surface area contributed by atoms with Crippen molar-refractivity contribution in [3.8, 4) is 17.2 Å². The number of esters is 1. The van der Waals surface area contributed by atoms with Gasteiger partial charge in [-0.15, -0.1) is 0 Å². The maximum atomic E-state index is 13.0. The van der Waals surface area contributed by atoms with Crippen LogP contribution in [0.4, 0.5) is 18.9 Å². The lowest BCUT2D eigenvalue weighted by atomic mass is 10.1. The predicted octanol–water partition coefficient (Wildman–Crippen LogP) is 5.96. The largest absolute Gasteiger partial charge is 0.497 e. The van der Waals surface area contributed by atoms with Gasteiger partial charge in [-0.1, -0.05) is 12.1 Å². The van der Waals surface area contributed by atoms with Gasteiger partial charge >= 0.3 is 12.1 Å². The highest BCUT2D eigenvalue weighted by Gasteiger charge is 2.31. The van der Waals surface area contributed by atoms with Crippen LogP contribution in [0.2, 0.25) is 0 Å². The van der Waals surface area contributed by atoms with E-state index < -0.39 is 29.5 Å². The Kier molecular flexibility index (Phi) is 9.40. The number of ether oxygens (including phenoxy) is 3. The van der Waals surface area contributed by atoms with Crippen molar-refractivity contribution in [3.63, 3.8) is 0 Å². The van der Waals surface area contributed by atoms with Crippen LogP contribution < -0.4 is 25.0 Å². The molecular weight excluding hydrogens is 567 g/mol. The summed E-state index contributed by atoms with van der Waals surface area (Å²) in [5, 5.41) is 6.41. The lowest BCUT2D eigenvalue weighted by Gasteiger charge is -2.10. The van der Waals surface area contributed by atoms with Gasteiger partial charge in [0, 0.05) is 16.8 Å². The molecule has 0 heterocycles. The van der Waals surface area contributed by atoms with Crippen LogP contribution in [0.3, 0.4) is 0 Å². The van der Waals surface area contributed by atoms with E-state index in [1.807, 2.05) is 0 Å². The van der Waals surface area contributed by atoms with Crippen molar-refractivity contribution in [2.24, 2.45) is 5.10 Å². The molecule has 0 fully saturated rings. The van der Waals surface area contributed by atoms with Crippen LogP contribution in [0.25, 0.3) is 0 Å². The number of methoxy groups -OCH3 is 2. The maximum absolute atomic E-state index is 13.0. The first-order valence-corrected chi connectivity index (χ1v) is 12.5. The van der Waals surface area contributed by atoms with Gasteiger partial charge in [0.15, 0.2) is 11.5 Å². The summed E-state index contributed by atoms with van der Waals surface area (Å²) >= 11 is 0. The molecule has 2 N–H and O–H groups in total. The zero-order chi connectivity index (χ0) is 31.0. The van der Waals surface area contributed by atoms with E-state index >= 15 is 0 Å². The number of nitrogens with one attached hydrogen (secondary N) is 2. The van der Waals surface area contributed by atoms with Crippen LogP contribution in [0.5, 0.6) is 17.2 Å². The smallest absolute Gasteiger partial charge is 0.416 e. The standard InChI is InChI=1S/C31H24F3N3O6/c1-41-25-12-10-20(11-13-25)30(40)43-26-14-9-19(15-27(26)42-2)18-35-37-29(39)22-6-4-8-24(17-22)36-28(38)21-5-3-7-23(16-21)31(32,33)34/h3-18H,1-2H3,(H,36,38)(H,37,39). The molecule has 220 valence electrons. The first-order chi connectivity index (χ1) is 20.6. The molecule has 4 rings (SSSR count). The highest BCUT2D eigenvalue weighted by molar-refractivity contribution is 6.05. The number of hydrogen-bond acceptors (Lipinski definition) is 7. The molecule has 12 heteroatoms. The van der Waals surface area contributed by atoms with E-state index in [0.29, 0.717) is 16.9 Å². The minimum atomic E-state index is -4.59. The number of carbonyl (C=O) groups is 3. The molecule has 9 nitrogen and oxygen atoms in total. The molecule has 0 aromatic heterocycles. The van der Waals surface area contributed by atoms with E-state index in [1.54, 1.807) is 36.4 Å². The zero-order valence-electron chi connectivity index (χ0n) is 22.8. The first-order valence-electron chi connectivity index (χ1n) is 12.5. The van der Waals surface area contributed by atoms with Gasteiger partial charge in [-0.2, -0.15) is 18.3 Å². The summed E-state index contributed by atoms with van der Waals surface area (Å²) in [6.45, 7) is 0. The second-order valence-electron chi connectivity index (χ2n) is 8.84. The Morgan fingerprint density at radius 3 is 2.12 bits per heavy atom. The van der Waals surface area contributed by atoms with Gasteiger partial charge in [-0.05, 0) is 84.4 Å². The van der Waals surface area contributed by atoms with Crippen LogP contribution in [-0.4, -0.2) is 38.2 Å². The van der Waals surface area contributed by atoms with E-state index in [0.717, 1.165) is 18.2 Å². The molecular formula is C31H24F3N3O6. The number of carbonyl (C=O) groups excluding carboxylic acids is 3. The fourth-order valence-electron chi connectivity index (χ4n) is 3.74. The van der Waals surface area contributed by atoms with Crippen molar-refractivity contribution < 1.29 is 41.8 Å². The monoisotopic (exact) mass is 591 g/mol. The third-order valence-electron chi connectivity index (χ3n) is 5.93. The van der Waals surface area contributed by atoms with Crippen molar-refractivity contribution in [2.75, 3.05) is 19.5 Å². The summed E-state index contributed by atoms with van der Waals surface area (Å²) in [4.78, 5) is 37.6. The lowest BCUT2D eigenvalue weighted by Crippen LogP contribution is -2.18. The molecule has 4 aromatic carbocycles.